The van der Waals surface area contributed by atoms with Crippen LogP contribution in [0.25, 0.3) is 0 Å². The maximum absolute atomic E-state index is 12.3. The standard InChI is InChI=1S/C23H26N4O7/c1-4-13(2)24-23(31)34-15-6-5-14(7-15)18-10-21(27-26-18)25-22(30)12-33-20-9-16(32-3)8-19(29)17(20)11-28/h1,8-11,13-15,29H,5-7,12H2,2-3H3,(H,24,31)(H2,25,26,27,30)/t13-,14-,15+/m0/s1. The van der Waals surface area contributed by atoms with Gasteiger partial charge in [-0.25, -0.2) is 4.79 Å². The first kappa shape index (κ1) is 24.4. The number of methoxy groups -OCH3 is 1. The summed E-state index contributed by atoms with van der Waals surface area (Å²) >= 11 is 0. The van der Waals surface area contributed by atoms with E-state index in [2.05, 4.69) is 26.8 Å². The fourth-order valence-electron chi connectivity index (χ4n) is 3.61. The van der Waals surface area contributed by atoms with Crippen LogP contribution in [-0.4, -0.2) is 59.5 Å². The number of aromatic hydroxyl groups is 1. The van der Waals surface area contributed by atoms with Crippen LogP contribution in [-0.2, 0) is 9.53 Å². The molecule has 180 valence electrons. The third-order valence-electron chi connectivity index (χ3n) is 5.35. The van der Waals surface area contributed by atoms with Crippen molar-refractivity contribution in [2.45, 2.75) is 44.2 Å². The van der Waals surface area contributed by atoms with Gasteiger partial charge in [0, 0.05) is 29.8 Å². The molecule has 0 bridgehead atoms. The van der Waals surface area contributed by atoms with Gasteiger partial charge in [-0.1, -0.05) is 5.92 Å². The molecule has 0 unspecified atom stereocenters. The lowest BCUT2D eigenvalue weighted by Gasteiger charge is -2.14. The van der Waals surface area contributed by atoms with E-state index in [0.717, 1.165) is 12.1 Å². The molecule has 1 fully saturated rings. The van der Waals surface area contributed by atoms with Gasteiger partial charge in [0.2, 0.25) is 0 Å². The van der Waals surface area contributed by atoms with E-state index in [1.165, 1.54) is 19.2 Å². The largest absolute Gasteiger partial charge is 0.507 e. The second-order valence-electron chi connectivity index (χ2n) is 7.79. The SMILES string of the molecule is C#C[C@H](C)NC(=O)O[C@@H]1CC[C@H](c2cc(NC(=O)COc3cc(OC)cc(O)c3C=O)n[nH]2)C1. The van der Waals surface area contributed by atoms with Gasteiger partial charge < -0.3 is 30.0 Å². The van der Waals surface area contributed by atoms with E-state index in [4.69, 9.17) is 20.6 Å². The number of hydrogen-bond donors (Lipinski definition) is 4. The van der Waals surface area contributed by atoms with E-state index in [1.54, 1.807) is 13.0 Å². The second kappa shape index (κ2) is 11.1. The molecule has 1 aliphatic rings. The van der Waals surface area contributed by atoms with Gasteiger partial charge in [0.05, 0.1) is 18.7 Å². The molecule has 1 aromatic carbocycles. The molecule has 1 aromatic heterocycles. The maximum atomic E-state index is 12.3. The van der Waals surface area contributed by atoms with Crippen LogP contribution >= 0.6 is 0 Å². The number of hydrogen-bond acceptors (Lipinski definition) is 8. The van der Waals surface area contributed by atoms with Crippen LogP contribution in [0.1, 0.15) is 48.2 Å². The molecule has 34 heavy (non-hydrogen) atoms. The number of anilines is 1. The van der Waals surface area contributed by atoms with Crippen molar-refractivity contribution in [3.05, 3.63) is 29.5 Å². The van der Waals surface area contributed by atoms with Crippen LogP contribution < -0.4 is 20.1 Å². The number of aldehydes is 1. The summed E-state index contributed by atoms with van der Waals surface area (Å²) in [5.41, 5.74) is 0.719. The van der Waals surface area contributed by atoms with Crippen LogP contribution in [0.15, 0.2) is 18.2 Å². The molecule has 3 rings (SSSR count). The van der Waals surface area contributed by atoms with Crippen molar-refractivity contribution in [2.75, 3.05) is 19.0 Å². The Morgan fingerprint density at radius 3 is 2.88 bits per heavy atom. The number of phenols is 1. The molecular formula is C23H26N4O7. The number of ether oxygens (including phenoxy) is 3. The number of alkyl carbamates (subject to hydrolysis) is 1. The van der Waals surface area contributed by atoms with Gasteiger partial charge in [0.1, 0.15) is 23.4 Å². The Labute approximate surface area is 196 Å². The van der Waals surface area contributed by atoms with Crippen molar-refractivity contribution in [3.63, 3.8) is 0 Å². The highest BCUT2D eigenvalue weighted by Crippen LogP contribution is 2.36. The number of H-pyrrole nitrogens is 1. The highest BCUT2D eigenvalue weighted by Gasteiger charge is 2.30. The quantitative estimate of drug-likeness (QED) is 0.322. The average molecular weight is 470 g/mol. The number of phenolic OH excluding ortho intramolecular Hbond substituents is 1. The van der Waals surface area contributed by atoms with Crippen molar-refractivity contribution in [1.82, 2.24) is 15.5 Å². The minimum atomic E-state index is -0.546. The Hall–Kier alpha value is -4.20. The Bertz CT molecular complexity index is 1090. The summed E-state index contributed by atoms with van der Waals surface area (Å²) in [4.78, 5) is 35.4. The van der Waals surface area contributed by atoms with E-state index in [0.29, 0.717) is 24.9 Å². The minimum absolute atomic E-state index is 0.0161. The van der Waals surface area contributed by atoms with Crippen molar-refractivity contribution in [3.8, 4) is 29.6 Å². The molecule has 3 atom stereocenters. The Balaban J connectivity index is 1.51. The van der Waals surface area contributed by atoms with E-state index in [9.17, 15) is 19.5 Å². The van der Waals surface area contributed by atoms with E-state index in [1.807, 2.05) is 0 Å². The Morgan fingerprint density at radius 1 is 1.38 bits per heavy atom. The number of aromatic amines is 1. The van der Waals surface area contributed by atoms with Gasteiger partial charge in [0.15, 0.2) is 18.7 Å². The van der Waals surface area contributed by atoms with Crippen molar-refractivity contribution < 1.29 is 33.7 Å². The molecule has 1 aliphatic carbocycles. The molecule has 2 aromatic rings. The van der Waals surface area contributed by atoms with Crippen LogP contribution in [0.5, 0.6) is 17.2 Å². The van der Waals surface area contributed by atoms with Gasteiger partial charge >= 0.3 is 6.09 Å². The summed E-state index contributed by atoms with van der Waals surface area (Å²) in [7, 11) is 1.40. The first-order chi connectivity index (χ1) is 16.3. The zero-order chi connectivity index (χ0) is 24.7. The normalized spacial score (nSPS) is 17.8. The van der Waals surface area contributed by atoms with Gasteiger partial charge in [-0.3, -0.25) is 14.7 Å². The molecule has 0 spiro atoms. The fourth-order valence-corrected chi connectivity index (χ4v) is 3.61. The topological polar surface area (TPSA) is 152 Å². The summed E-state index contributed by atoms with van der Waals surface area (Å²) < 4.78 is 15.8. The Kier molecular flexibility index (Phi) is 7.97. The average Bonchev–Trinajstić information content (AvgIpc) is 3.46. The number of nitrogens with one attached hydrogen (secondary N) is 3. The van der Waals surface area contributed by atoms with Crippen LogP contribution in [0.4, 0.5) is 10.6 Å². The zero-order valence-corrected chi connectivity index (χ0v) is 18.8. The lowest BCUT2D eigenvalue weighted by atomic mass is 10.0. The third kappa shape index (κ3) is 6.19. The summed E-state index contributed by atoms with van der Waals surface area (Å²) in [5, 5.41) is 22.0. The fraction of sp³-hybridized carbons (Fsp3) is 0.391. The maximum Gasteiger partial charge on any atom is 0.408 e. The van der Waals surface area contributed by atoms with Crippen LogP contribution in [0.2, 0.25) is 0 Å². The first-order valence-corrected chi connectivity index (χ1v) is 10.6. The number of amides is 2. The number of terminal acetylenes is 1. The number of aromatic nitrogens is 2. The molecule has 0 radical (unpaired) electrons. The van der Waals surface area contributed by atoms with E-state index < -0.39 is 24.6 Å². The second-order valence-corrected chi connectivity index (χ2v) is 7.79. The molecular weight excluding hydrogens is 444 g/mol. The smallest absolute Gasteiger partial charge is 0.408 e. The Morgan fingerprint density at radius 2 is 2.18 bits per heavy atom. The molecule has 11 heteroatoms. The summed E-state index contributed by atoms with van der Waals surface area (Å²) in [5.74, 6) is 2.26. The highest BCUT2D eigenvalue weighted by atomic mass is 16.6. The van der Waals surface area contributed by atoms with E-state index in [-0.39, 0.29) is 34.8 Å². The molecule has 0 aliphatic heterocycles. The van der Waals surface area contributed by atoms with Gasteiger partial charge in [-0.2, -0.15) is 5.10 Å². The van der Waals surface area contributed by atoms with Gasteiger partial charge in [0.25, 0.3) is 5.91 Å². The van der Waals surface area contributed by atoms with Gasteiger partial charge in [-0.05, 0) is 26.2 Å². The van der Waals surface area contributed by atoms with Crippen LogP contribution in [0.3, 0.4) is 0 Å². The first-order valence-electron chi connectivity index (χ1n) is 10.6. The number of nitrogens with zero attached hydrogens (tertiary/aromatic N) is 1. The highest BCUT2D eigenvalue weighted by molar-refractivity contribution is 5.91. The molecule has 11 nitrogen and oxygen atoms in total. The van der Waals surface area contributed by atoms with Crippen molar-refractivity contribution >= 4 is 24.1 Å². The van der Waals surface area contributed by atoms with E-state index >= 15 is 0 Å². The molecule has 4 N–H and O–H groups in total. The third-order valence-corrected chi connectivity index (χ3v) is 5.35. The summed E-state index contributed by atoms with van der Waals surface area (Å²) in [6.07, 6.45) is 6.99. The number of carbonyl (C=O) groups is 3. The monoisotopic (exact) mass is 470 g/mol. The summed E-state index contributed by atoms with van der Waals surface area (Å²) in [6, 6.07) is 3.96. The zero-order valence-electron chi connectivity index (χ0n) is 18.8. The number of carbonyl (C=O) groups excluding carboxylic acids is 3. The van der Waals surface area contributed by atoms with Gasteiger partial charge in [-0.15, -0.1) is 6.42 Å². The van der Waals surface area contributed by atoms with Crippen LogP contribution in [0, 0.1) is 12.3 Å². The molecule has 1 heterocycles. The summed E-state index contributed by atoms with van der Waals surface area (Å²) in [6.45, 7) is 1.27. The predicted octanol–water partition coefficient (Wildman–Crippen LogP) is 2.34. The molecule has 0 saturated heterocycles. The molecule has 1 saturated carbocycles. The lowest BCUT2D eigenvalue weighted by molar-refractivity contribution is -0.118. The lowest BCUT2D eigenvalue weighted by Crippen LogP contribution is -2.34. The van der Waals surface area contributed by atoms with Crippen molar-refractivity contribution in [1.29, 1.82) is 0 Å². The predicted molar refractivity (Wildman–Crippen MR) is 121 cm³/mol. The number of rotatable bonds is 9. The number of benzene rings is 1. The molecule has 2 amide bonds. The minimum Gasteiger partial charge on any atom is -0.507 e. The van der Waals surface area contributed by atoms with Crippen molar-refractivity contribution in [2.24, 2.45) is 0 Å².